The summed E-state index contributed by atoms with van der Waals surface area (Å²) < 4.78 is 12.7. The van der Waals surface area contributed by atoms with Gasteiger partial charge in [0.15, 0.2) is 0 Å². The highest BCUT2D eigenvalue weighted by molar-refractivity contribution is 5.74. The Kier molecular flexibility index (Phi) is 3.38. The van der Waals surface area contributed by atoms with Gasteiger partial charge in [-0.05, 0) is 26.0 Å². The zero-order chi connectivity index (χ0) is 14.2. The van der Waals surface area contributed by atoms with Crippen LogP contribution in [-0.2, 0) is 7.05 Å². The Labute approximate surface area is 113 Å². The second-order valence-electron chi connectivity index (χ2n) is 4.44. The van der Waals surface area contributed by atoms with Crippen molar-refractivity contribution in [2.24, 2.45) is 7.05 Å². The molecule has 1 heterocycles. The highest BCUT2D eigenvalue weighted by Crippen LogP contribution is 2.38. The van der Waals surface area contributed by atoms with E-state index in [0.717, 1.165) is 34.0 Å². The molecule has 19 heavy (non-hydrogen) atoms. The first-order chi connectivity index (χ1) is 9.01. The first-order valence-electron chi connectivity index (χ1n) is 6.02. The number of ether oxygens (including phenoxy) is 2. The van der Waals surface area contributed by atoms with Gasteiger partial charge in [-0.25, -0.2) is 4.98 Å². The third-order valence-corrected chi connectivity index (χ3v) is 3.45. The summed E-state index contributed by atoms with van der Waals surface area (Å²) in [4.78, 5) is 4.41. The number of anilines is 1. The van der Waals surface area contributed by atoms with E-state index in [1.54, 1.807) is 14.2 Å². The largest absolute Gasteiger partial charge is 0.496 e. The number of nitrogens with zero attached hydrogens (tertiary/aromatic N) is 2. The molecule has 0 fully saturated rings. The van der Waals surface area contributed by atoms with E-state index < -0.39 is 0 Å². The predicted molar refractivity (Wildman–Crippen MR) is 75.6 cm³/mol. The van der Waals surface area contributed by atoms with Crippen LogP contribution in [0.3, 0.4) is 0 Å². The average molecular weight is 261 g/mol. The molecule has 0 atom stereocenters. The first kappa shape index (κ1) is 13.3. The fraction of sp³-hybridized carbons (Fsp3) is 0.357. The van der Waals surface area contributed by atoms with Crippen LogP contribution in [0.4, 0.5) is 5.95 Å². The fourth-order valence-electron chi connectivity index (χ4n) is 2.20. The Bertz CT molecular complexity index is 618. The molecule has 2 rings (SSSR count). The normalized spacial score (nSPS) is 10.6. The molecule has 2 aromatic rings. The molecule has 0 saturated carbocycles. The molecule has 5 heteroatoms. The number of methoxy groups -OCH3 is 2. The van der Waals surface area contributed by atoms with Crippen LogP contribution in [0, 0.1) is 13.8 Å². The van der Waals surface area contributed by atoms with E-state index in [4.69, 9.17) is 15.2 Å². The van der Waals surface area contributed by atoms with Gasteiger partial charge < -0.3 is 19.8 Å². The van der Waals surface area contributed by atoms with Gasteiger partial charge in [0.05, 0.1) is 19.9 Å². The molecule has 0 amide bonds. The Morgan fingerprint density at radius 1 is 1.16 bits per heavy atom. The minimum absolute atomic E-state index is 0.489. The monoisotopic (exact) mass is 261 g/mol. The Morgan fingerprint density at radius 2 is 1.84 bits per heavy atom. The molecule has 0 aliphatic rings. The van der Waals surface area contributed by atoms with Crippen molar-refractivity contribution in [2.45, 2.75) is 13.8 Å². The number of nitrogen functional groups attached to an aromatic ring is 1. The van der Waals surface area contributed by atoms with Gasteiger partial charge in [-0.1, -0.05) is 0 Å². The van der Waals surface area contributed by atoms with E-state index in [2.05, 4.69) is 4.98 Å². The molecule has 1 aromatic heterocycles. The summed E-state index contributed by atoms with van der Waals surface area (Å²) in [5, 5.41) is 0. The second kappa shape index (κ2) is 4.84. The van der Waals surface area contributed by atoms with Gasteiger partial charge in [0, 0.05) is 23.9 Å². The van der Waals surface area contributed by atoms with Crippen molar-refractivity contribution in [2.75, 3.05) is 20.0 Å². The molecule has 2 N–H and O–H groups in total. The van der Waals surface area contributed by atoms with Crippen LogP contribution >= 0.6 is 0 Å². The maximum absolute atomic E-state index is 5.85. The quantitative estimate of drug-likeness (QED) is 0.921. The van der Waals surface area contributed by atoms with Crippen LogP contribution in [-0.4, -0.2) is 23.8 Å². The van der Waals surface area contributed by atoms with Crippen LogP contribution in [0.1, 0.15) is 11.3 Å². The van der Waals surface area contributed by atoms with Crippen molar-refractivity contribution in [3.63, 3.8) is 0 Å². The van der Waals surface area contributed by atoms with Gasteiger partial charge >= 0.3 is 0 Å². The molecule has 5 nitrogen and oxygen atoms in total. The summed E-state index contributed by atoms with van der Waals surface area (Å²) in [7, 11) is 5.18. The molecule has 0 radical (unpaired) electrons. The molecular weight excluding hydrogens is 242 g/mol. The summed E-state index contributed by atoms with van der Waals surface area (Å²) in [5.74, 6) is 2.05. The van der Waals surface area contributed by atoms with E-state index in [-0.39, 0.29) is 0 Å². The summed E-state index contributed by atoms with van der Waals surface area (Å²) in [6.45, 7) is 3.94. The van der Waals surface area contributed by atoms with Crippen LogP contribution in [0.25, 0.3) is 11.3 Å². The zero-order valence-corrected chi connectivity index (χ0v) is 11.9. The standard InChI is InChI=1S/C14H19N3O2/c1-8-11(18-4)7-6-10(13(8)19-5)12-9(2)17(3)14(15)16-12/h6-7H,1-5H3,(H2,15,16). The topological polar surface area (TPSA) is 62.3 Å². The predicted octanol–water partition coefficient (Wildman–Crippen LogP) is 2.30. The van der Waals surface area contributed by atoms with Crippen molar-refractivity contribution < 1.29 is 9.47 Å². The smallest absolute Gasteiger partial charge is 0.200 e. The van der Waals surface area contributed by atoms with Crippen molar-refractivity contribution >= 4 is 5.95 Å². The second-order valence-corrected chi connectivity index (χ2v) is 4.44. The summed E-state index contributed by atoms with van der Waals surface area (Å²) in [6.07, 6.45) is 0. The molecule has 0 unspecified atom stereocenters. The molecule has 102 valence electrons. The van der Waals surface area contributed by atoms with Crippen molar-refractivity contribution in [3.8, 4) is 22.8 Å². The maximum atomic E-state index is 5.85. The lowest BCUT2D eigenvalue weighted by molar-refractivity contribution is 0.390. The zero-order valence-electron chi connectivity index (χ0n) is 11.9. The lowest BCUT2D eigenvalue weighted by atomic mass is 10.0. The van der Waals surface area contributed by atoms with Crippen LogP contribution in [0.2, 0.25) is 0 Å². The van der Waals surface area contributed by atoms with Gasteiger partial charge in [0.25, 0.3) is 0 Å². The number of hydrogen-bond acceptors (Lipinski definition) is 4. The highest BCUT2D eigenvalue weighted by atomic mass is 16.5. The van der Waals surface area contributed by atoms with E-state index in [0.29, 0.717) is 5.95 Å². The van der Waals surface area contributed by atoms with E-state index in [9.17, 15) is 0 Å². The van der Waals surface area contributed by atoms with Gasteiger partial charge in [-0.3, -0.25) is 0 Å². The Morgan fingerprint density at radius 3 is 2.32 bits per heavy atom. The van der Waals surface area contributed by atoms with Gasteiger partial charge in [-0.15, -0.1) is 0 Å². The average Bonchev–Trinajstić information content (AvgIpc) is 2.66. The third kappa shape index (κ3) is 2.01. The third-order valence-electron chi connectivity index (χ3n) is 3.45. The number of rotatable bonds is 3. The summed E-state index contributed by atoms with van der Waals surface area (Å²) in [5.41, 5.74) is 9.56. The van der Waals surface area contributed by atoms with Gasteiger partial charge in [0.2, 0.25) is 5.95 Å². The molecule has 1 aromatic carbocycles. The minimum Gasteiger partial charge on any atom is -0.496 e. The number of imidazole rings is 1. The van der Waals surface area contributed by atoms with E-state index in [1.807, 2.05) is 37.6 Å². The maximum Gasteiger partial charge on any atom is 0.200 e. The fourth-order valence-corrected chi connectivity index (χ4v) is 2.20. The molecule has 0 bridgehead atoms. The van der Waals surface area contributed by atoms with Crippen LogP contribution in [0.5, 0.6) is 11.5 Å². The minimum atomic E-state index is 0.489. The number of nitrogens with two attached hydrogens (primary N) is 1. The van der Waals surface area contributed by atoms with Crippen LogP contribution < -0.4 is 15.2 Å². The van der Waals surface area contributed by atoms with Gasteiger partial charge in [-0.2, -0.15) is 0 Å². The summed E-state index contributed by atoms with van der Waals surface area (Å²) >= 11 is 0. The number of benzene rings is 1. The number of hydrogen-bond donors (Lipinski definition) is 1. The summed E-state index contributed by atoms with van der Waals surface area (Å²) in [6, 6.07) is 3.86. The van der Waals surface area contributed by atoms with Gasteiger partial charge in [0.1, 0.15) is 11.5 Å². The molecule has 0 aliphatic heterocycles. The Balaban J connectivity index is 2.69. The Hall–Kier alpha value is -2.17. The SMILES string of the molecule is COc1ccc(-c2nc(N)n(C)c2C)c(OC)c1C. The lowest BCUT2D eigenvalue weighted by Gasteiger charge is -2.13. The molecule has 0 saturated heterocycles. The first-order valence-corrected chi connectivity index (χ1v) is 6.02. The number of aromatic nitrogens is 2. The van der Waals surface area contributed by atoms with Crippen LogP contribution in [0.15, 0.2) is 12.1 Å². The molecule has 0 aliphatic carbocycles. The van der Waals surface area contributed by atoms with E-state index in [1.165, 1.54) is 0 Å². The van der Waals surface area contributed by atoms with Crippen molar-refractivity contribution in [1.82, 2.24) is 9.55 Å². The lowest BCUT2D eigenvalue weighted by Crippen LogP contribution is -1.98. The van der Waals surface area contributed by atoms with Crippen molar-refractivity contribution in [3.05, 3.63) is 23.4 Å². The van der Waals surface area contributed by atoms with E-state index >= 15 is 0 Å². The van der Waals surface area contributed by atoms with Crippen molar-refractivity contribution in [1.29, 1.82) is 0 Å². The molecule has 0 spiro atoms. The highest BCUT2D eigenvalue weighted by Gasteiger charge is 2.18. The molecular formula is C14H19N3O2.